The van der Waals surface area contributed by atoms with E-state index in [1.807, 2.05) is 13.8 Å². The first-order chi connectivity index (χ1) is 6.71. The zero-order chi connectivity index (χ0) is 11.7. The largest absolute Gasteiger partial charge is 0.389 e. The van der Waals surface area contributed by atoms with Crippen LogP contribution in [0.25, 0.3) is 0 Å². The summed E-state index contributed by atoms with van der Waals surface area (Å²) in [6.45, 7) is 10.5. The Morgan fingerprint density at radius 3 is 2.47 bits per heavy atom. The van der Waals surface area contributed by atoms with Crippen molar-refractivity contribution in [2.24, 2.45) is 5.41 Å². The molecule has 2 atom stereocenters. The quantitative estimate of drug-likeness (QED) is 0.755. The van der Waals surface area contributed by atoms with Crippen molar-refractivity contribution in [3.8, 4) is 0 Å². The lowest BCUT2D eigenvalue weighted by molar-refractivity contribution is 0.0334. The van der Waals surface area contributed by atoms with Crippen LogP contribution >= 0.6 is 0 Å². The maximum Gasteiger partial charge on any atom is 0.0741 e. The molecule has 0 amide bonds. The Hall–Kier alpha value is -0.0800. The second-order valence-corrected chi connectivity index (χ2v) is 6.50. The fraction of sp³-hybridized carbons (Fsp3) is 1.00. The van der Waals surface area contributed by atoms with E-state index in [2.05, 4.69) is 26.1 Å². The van der Waals surface area contributed by atoms with Gasteiger partial charge < -0.3 is 10.4 Å². The molecular weight excluding hydrogens is 186 g/mol. The van der Waals surface area contributed by atoms with E-state index in [9.17, 15) is 5.11 Å². The molecule has 1 aliphatic rings. The van der Waals surface area contributed by atoms with E-state index in [1.165, 1.54) is 25.7 Å². The standard InChI is InChI=1S/C13H27NO/c1-10(13(4,5)15)14-11-7-6-8-12(2,3)9-11/h10-11,14-15H,6-9H2,1-5H3. The number of aliphatic hydroxyl groups is 1. The van der Waals surface area contributed by atoms with Crippen molar-refractivity contribution < 1.29 is 5.11 Å². The second-order valence-electron chi connectivity index (χ2n) is 6.50. The third-order valence-electron chi connectivity index (χ3n) is 3.75. The van der Waals surface area contributed by atoms with Gasteiger partial charge in [0.15, 0.2) is 0 Å². The summed E-state index contributed by atoms with van der Waals surface area (Å²) in [5.74, 6) is 0. The fourth-order valence-corrected chi connectivity index (χ4v) is 2.40. The third kappa shape index (κ3) is 4.12. The minimum atomic E-state index is -0.623. The molecule has 1 saturated carbocycles. The molecule has 15 heavy (non-hydrogen) atoms. The van der Waals surface area contributed by atoms with Crippen LogP contribution in [0, 0.1) is 5.41 Å². The first-order valence-electron chi connectivity index (χ1n) is 6.19. The highest BCUT2D eigenvalue weighted by molar-refractivity contribution is 4.88. The third-order valence-corrected chi connectivity index (χ3v) is 3.75. The molecule has 0 aromatic heterocycles. The predicted octanol–water partition coefficient (Wildman–Crippen LogP) is 2.70. The molecule has 0 spiro atoms. The van der Waals surface area contributed by atoms with Crippen LogP contribution in [0.15, 0.2) is 0 Å². The zero-order valence-electron chi connectivity index (χ0n) is 10.9. The van der Waals surface area contributed by atoms with E-state index < -0.39 is 5.60 Å². The summed E-state index contributed by atoms with van der Waals surface area (Å²) in [5.41, 5.74) is -0.156. The lowest BCUT2D eigenvalue weighted by atomic mass is 9.75. The Labute approximate surface area is 94.5 Å². The van der Waals surface area contributed by atoms with Gasteiger partial charge in [0.1, 0.15) is 0 Å². The summed E-state index contributed by atoms with van der Waals surface area (Å²) in [4.78, 5) is 0. The van der Waals surface area contributed by atoms with Crippen molar-refractivity contribution in [2.75, 3.05) is 0 Å². The van der Waals surface area contributed by atoms with Crippen LogP contribution in [0.2, 0.25) is 0 Å². The lowest BCUT2D eigenvalue weighted by Gasteiger charge is -2.39. The first kappa shape index (κ1) is 13.0. The van der Waals surface area contributed by atoms with E-state index in [0.717, 1.165) is 0 Å². The van der Waals surface area contributed by atoms with Crippen LogP contribution in [0.3, 0.4) is 0 Å². The van der Waals surface area contributed by atoms with E-state index in [0.29, 0.717) is 11.5 Å². The van der Waals surface area contributed by atoms with Gasteiger partial charge in [-0.05, 0) is 45.4 Å². The summed E-state index contributed by atoms with van der Waals surface area (Å²) >= 11 is 0. The van der Waals surface area contributed by atoms with Crippen LogP contribution in [-0.2, 0) is 0 Å². The highest BCUT2D eigenvalue weighted by Crippen LogP contribution is 2.35. The molecule has 0 aromatic carbocycles. The van der Waals surface area contributed by atoms with Crippen molar-refractivity contribution in [1.29, 1.82) is 0 Å². The summed E-state index contributed by atoms with van der Waals surface area (Å²) in [6.07, 6.45) is 5.13. The van der Waals surface area contributed by atoms with Crippen LogP contribution in [-0.4, -0.2) is 22.8 Å². The van der Waals surface area contributed by atoms with E-state index in [1.54, 1.807) is 0 Å². The summed E-state index contributed by atoms with van der Waals surface area (Å²) in [5, 5.41) is 13.4. The molecule has 90 valence electrons. The molecule has 1 rings (SSSR count). The molecule has 0 radical (unpaired) electrons. The number of hydrogen-bond donors (Lipinski definition) is 2. The maximum atomic E-state index is 9.88. The normalized spacial score (nSPS) is 28.8. The van der Waals surface area contributed by atoms with Gasteiger partial charge in [-0.15, -0.1) is 0 Å². The minimum Gasteiger partial charge on any atom is -0.389 e. The molecule has 1 fully saturated rings. The van der Waals surface area contributed by atoms with E-state index in [4.69, 9.17) is 0 Å². The highest BCUT2D eigenvalue weighted by atomic mass is 16.3. The average Bonchev–Trinajstić information content (AvgIpc) is 2.00. The van der Waals surface area contributed by atoms with Gasteiger partial charge in [0.05, 0.1) is 5.60 Å². The topological polar surface area (TPSA) is 32.3 Å². The molecule has 0 aliphatic heterocycles. The first-order valence-corrected chi connectivity index (χ1v) is 6.19. The summed E-state index contributed by atoms with van der Waals surface area (Å²) < 4.78 is 0. The zero-order valence-corrected chi connectivity index (χ0v) is 10.9. The van der Waals surface area contributed by atoms with Crippen molar-refractivity contribution in [3.63, 3.8) is 0 Å². The summed E-state index contributed by atoms with van der Waals surface area (Å²) in [7, 11) is 0. The Bertz CT molecular complexity index is 205. The lowest BCUT2D eigenvalue weighted by Crippen LogP contribution is -2.50. The van der Waals surface area contributed by atoms with Crippen LogP contribution in [0.5, 0.6) is 0 Å². The SMILES string of the molecule is CC(NC1CCCC(C)(C)C1)C(C)(C)O. The molecule has 0 heterocycles. The van der Waals surface area contributed by atoms with Crippen LogP contribution in [0.4, 0.5) is 0 Å². The fourth-order valence-electron chi connectivity index (χ4n) is 2.40. The summed E-state index contributed by atoms with van der Waals surface area (Å²) in [6, 6.07) is 0.742. The van der Waals surface area contributed by atoms with Crippen molar-refractivity contribution >= 4 is 0 Å². The Morgan fingerprint density at radius 1 is 1.40 bits per heavy atom. The van der Waals surface area contributed by atoms with E-state index in [-0.39, 0.29) is 6.04 Å². The highest BCUT2D eigenvalue weighted by Gasteiger charge is 2.31. The van der Waals surface area contributed by atoms with Crippen molar-refractivity contribution in [1.82, 2.24) is 5.32 Å². The van der Waals surface area contributed by atoms with Gasteiger partial charge in [-0.3, -0.25) is 0 Å². The molecule has 0 aromatic rings. The Morgan fingerprint density at radius 2 is 2.00 bits per heavy atom. The Kier molecular flexibility index (Phi) is 3.83. The van der Waals surface area contributed by atoms with Crippen molar-refractivity contribution in [3.05, 3.63) is 0 Å². The van der Waals surface area contributed by atoms with Gasteiger partial charge in [0.25, 0.3) is 0 Å². The molecule has 0 bridgehead atoms. The number of nitrogens with one attached hydrogen (secondary N) is 1. The van der Waals surface area contributed by atoms with Crippen molar-refractivity contribution in [2.45, 2.75) is 78.0 Å². The number of rotatable bonds is 3. The molecule has 1 aliphatic carbocycles. The maximum absolute atomic E-state index is 9.88. The van der Waals surface area contributed by atoms with Gasteiger partial charge in [0.2, 0.25) is 0 Å². The molecule has 0 saturated heterocycles. The predicted molar refractivity (Wildman–Crippen MR) is 64.9 cm³/mol. The van der Waals surface area contributed by atoms with E-state index >= 15 is 0 Å². The smallest absolute Gasteiger partial charge is 0.0741 e. The Balaban J connectivity index is 2.45. The van der Waals surface area contributed by atoms with Gasteiger partial charge in [-0.1, -0.05) is 20.3 Å². The molecule has 2 N–H and O–H groups in total. The average molecular weight is 213 g/mol. The van der Waals surface area contributed by atoms with Gasteiger partial charge in [-0.2, -0.15) is 0 Å². The van der Waals surface area contributed by atoms with Gasteiger partial charge in [-0.25, -0.2) is 0 Å². The van der Waals surface area contributed by atoms with Crippen LogP contribution in [0.1, 0.15) is 60.3 Å². The van der Waals surface area contributed by atoms with Gasteiger partial charge >= 0.3 is 0 Å². The molecule has 2 nitrogen and oxygen atoms in total. The molecule has 2 heteroatoms. The second kappa shape index (κ2) is 4.42. The van der Waals surface area contributed by atoms with Gasteiger partial charge in [0, 0.05) is 12.1 Å². The monoisotopic (exact) mass is 213 g/mol. The van der Waals surface area contributed by atoms with Crippen LogP contribution < -0.4 is 5.32 Å². The minimum absolute atomic E-state index is 0.163. The molecule has 2 unspecified atom stereocenters. The number of hydrogen-bond acceptors (Lipinski definition) is 2. The molecular formula is C13H27NO.